The van der Waals surface area contributed by atoms with E-state index >= 15 is 0 Å². The third kappa shape index (κ3) is 3.70. The Morgan fingerprint density at radius 1 is 1.32 bits per heavy atom. The Hall–Kier alpha value is -1.55. The van der Waals surface area contributed by atoms with Crippen LogP contribution in [0.5, 0.6) is 11.5 Å². The van der Waals surface area contributed by atoms with Gasteiger partial charge in [-0.25, -0.2) is 0 Å². The molecule has 0 atom stereocenters. The molecule has 0 unspecified atom stereocenters. The number of para-hydroxylation sites is 1. The number of aliphatic imine (C=N–C) groups is 1. The van der Waals surface area contributed by atoms with E-state index in [4.69, 9.17) is 4.74 Å². The van der Waals surface area contributed by atoms with Crippen LogP contribution in [-0.4, -0.2) is 35.2 Å². The van der Waals surface area contributed by atoms with Crippen molar-refractivity contribution < 1.29 is 14.9 Å². The van der Waals surface area contributed by atoms with E-state index in [1.807, 2.05) is 19.1 Å². The molecule has 0 radical (unpaired) electrons. The van der Waals surface area contributed by atoms with Gasteiger partial charge in [-0.2, -0.15) is 0 Å². The molecule has 2 rings (SSSR count). The molecule has 4 nitrogen and oxygen atoms in total. The summed E-state index contributed by atoms with van der Waals surface area (Å²) in [6.07, 6.45) is 4.98. The molecule has 4 heteroatoms. The molecular weight excluding hydrogens is 242 g/mol. The maximum atomic E-state index is 10.0. The number of aliphatic hydroxyl groups excluding tert-OH is 1. The molecule has 19 heavy (non-hydrogen) atoms. The van der Waals surface area contributed by atoms with Gasteiger partial charge in [-0.05, 0) is 44.7 Å². The van der Waals surface area contributed by atoms with Crippen LogP contribution in [0.25, 0.3) is 0 Å². The molecule has 0 bridgehead atoms. The second-order valence-electron chi connectivity index (χ2n) is 4.87. The number of phenolic OH excluding ortho intramolecular Hbond substituents is 1. The Balaban J connectivity index is 2.04. The number of aromatic hydroxyl groups is 1. The largest absolute Gasteiger partial charge is 0.504 e. The molecule has 1 aromatic rings. The minimum Gasteiger partial charge on any atom is -0.504 e. The van der Waals surface area contributed by atoms with E-state index < -0.39 is 0 Å². The Kier molecular flexibility index (Phi) is 4.80. The number of phenols is 1. The number of ether oxygens (including phenoxy) is 1. The quantitative estimate of drug-likeness (QED) is 0.820. The zero-order valence-corrected chi connectivity index (χ0v) is 11.2. The fraction of sp³-hybridized carbons (Fsp3) is 0.533. The monoisotopic (exact) mass is 263 g/mol. The van der Waals surface area contributed by atoms with Crippen LogP contribution in [0.3, 0.4) is 0 Å². The van der Waals surface area contributed by atoms with Crippen LogP contribution in [0.15, 0.2) is 23.2 Å². The average molecular weight is 263 g/mol. The fourth-order valence-electron chi connectivity index (χ4n) is 2.31. The molecule has 104 valence electrons. The third-order valence-corrected chi connectivity index (χ3v) is 3.42. The molecule has 1 fully saturated rings. The summed E-state index contributed by atoms with van der Waals surface area (Å²) < 4.78 is 5.34. The van der Waals surface area contributed by atoms with E-state index in [-0.39, 0.29) is 17.9 Å². The number of benzene rings is 1. The summed E-state index contributed by atoms with van der Waals surface area (Å²) in [6.45, 7) is 2.40. The number of aliphatic hydroxyl groups is 1. The van der Waals surface area contributed by atoms with Crippen molar-refractivity contribution in [1.29, 1.82) is 0 Å². The fourth-order valence-corrected chi connectivity index (χ4v) is 2.31. The van der Waals surface area contributed by atoms with Crippen LogP contribution in [0.4, 0.5) is 0 Å². The van der Waals surface area contributed by atoms with Gasteiger partial charge in [0.1, 0.15) is 0 Å². The molecule has 0 amide bonds. The van der Waals surface area contributed by atoms with E-state index in [1.165, 1.54) is 0 Å². The van der Waals surface area contributed by atoms with E-state index in [9.17, 15) is 10.2 Å². The Labute approximate surface area is 113 Å². The first-order valence-corrected chi connectivity index (χ1v) is 6.86. The van der Waals surface area contributed by atoms with Gasteiger partial charge in [0.05, 0.1) is 18.8 Å². The second-order valence-corrected chi connectivity index (χ2v) is 4.87. The predicted octanol–water partition coefficient (Wildman–Crippen LogP) is 2.51. The van der Waals surface area contributed by atoms with Gasteiger partial charge in [0.25, 0.3) is 0 Å². The highest BCUT2D eigenvalue weighted by atomic mass is 16.5. The summed E-state index contributed by atoms with van der Waals surface area (Å²) in [6, 6.07) is 5.65. The molecule has 1 aliphatic carbocycles. The van der Waals surface area contributed by atoms with Gasteiger partial charge in [-0.1, -0.05) is 6.07 Å². The van der Waals surface area contributed by atoms with Gasteiger partial charge in [0, 0.05) is 11.8 Å². The van der Waals surface area contributed by atoms with Crippen LogP contribution < -0.4 is 4.74 Å². The SMILES string of the molecule is CCOc1cccc(C=NC2CCC(O)CC2)c1O. The maximum absolute atomic E-state index is 10.0. The van der Waals surface area contributed by atoms with Crippen molar-refractivity contribution in [2.45, 2.75) is 44.8 Å². The van der Waals surface area contributed by atoms with Gasteiger partial charge >= 0.3 is 0 Å². The summed E-state index contributed by atoms with van der Waals surface area (Å²) in [7, 11) is 0. The molecule has 0 saturated heterocycles. The molecule has 1 aromatic carbocycles. The lowest BCUT2D eigenvalue weighted by molar-refractivity contribution is 0.123. The molecule has 1 aliphatic rings. The summed E-state index contributed by atoms with van der Waals surface area (Å²) in [4.78, 5) is 4.50. The minimum absolute atomic E-state index is 0.143. The van der Waals surface area contributed by atoms with Gasteiger partial charge < -0.3 is 14.9 Å². The lowest BCUT2D eigenvalue weighted by Crippen LogP contribution is -2.20. The van der Waals surface area contributed by atoms with Gasteiger partial charge in [0.2, 0.25) is 0 Å². The van der Waals surface area contributed by atoms with Crippen LogP contribution in [0.2, 0.25) is 0 Å². The van der Waals surface area contributed by atoms with Crippen LogP contribution in [0, 0.1) is 0 Å². The Morgan fingerprint density at radius 3 is 2.74 bits per heavy atom. The first-order valence-electron chi connectivity index (χ1n) is 6.86. The van der Waals surface area contributed by atoms with Crippen LogP contribution in [0.1, 0.15) is 38.2 Å². The van der Waals surface area contributed by atoms with Gasteiger partial charge in [0.15, 0.2) is 11.5 Å². The highest BCUT2D eigenvalue weighted by Crippen LogP contribution is 2.29. The number of rotatable bonds is 4. The normalized spacial score (nSPS) is 23.7. The zero-order chi connectivity index (χ0) is 13.7. The average Bonchev–Trinajstić information content (AvgIpc) is 2.42. The lowest BCUT2D eigenvalue weighted by atomic mass is 9.93. The summed E-state index contributed by atoms with van der Waals surface area (Å²) in [5.41, 5.74) is 0.678. The molecule has 1 saturated carbocycles. The molecular formula is C15H21NO3. The minimum atomic E-state index is -0.166. The van der Waals surface area contributed by atoms with Crippen LogP contribution >= 0.6 is 0 Å². The zero-order valence-electron chi connectivity index (χ0n) is 11.2. The highest BCUT2D eigenvalue weighted by molar-refractivity contribution is 5.84. The summed E-state index contributed by atoms with van der Waals surface area (Å²) in [5.74, 6) is 0.634. The number of hydrogen-bond donors (Lipinski definition) is 2. The first-order chi connectivity index (χ1) is 9.20. The number of nitrogens with zero attached hydrogens (tertiary/aromatic N) is 1. The standard InChI is InChI=1S/C15H21NO3/c1-2-19-14-5-3-4-11(15(14)18)10-16-12-6-8-13(17)9-7-12/h3-5,10,12-13,17-18H,2,6-9H2,1H3. The van der Waals surface area contributed by atoms with Gasteiger partial charge in [-0.15, -0.1) is 0 Å². The van der Waals surface area contributed by atoms with Crippen molar-refractivity contribution in [1.82, 2.24) is 0 Å². The summed E-state index contributed by atoms with van der Waals surface area (Å²) in [5, 5.41) is 19.5. The van der Waals surface area contributed by atoms with E-state index in [0.29, 0.717) is 17.9 Å². The Morgan fingerprint density at radius 2 is 2.05 bits per heavy atom. The molecule has 2 N–H and O–H groups in total. The first kappa shape index (κ1) is 13.9. The van der Waals surface area contributed by atoms with Crippen molar-refractivity contribution in [3.8, 4) is 11.5 Å². The maximum Gasteiger partial charge on any atom is 0.166 e. The van der Waals surface area contributed by atoms with Gasteiger partial charge in [-0.3, -0.25) is 4.99 Å². The van der Waals surface area contributed by atoms with Crippen molar-refractivity contribution >= 4 is 6.21 Å². The van der Waals surface area contributed by atoms with Crippen LogP contribution in [-0.2, 0) is 0 Å². The molecule has 0 heterocycles. The second kappa shape index (κ2) is 6.57. The van der Waals surface area contributed by atoms with E-state index in [1.54, 1.807) is 12.3 Å². The van der Waals surface area contributed by atoms with Crippen molar-refractivity contribution in [3.63, 3.8) is 0 Å². The topological polar surface area (TPSA) is 62.0 Å². The van der Waals surface area contributed by atoms with Crippen molar-refractivity contribution in [2.75, 3.05) is 6.61 Å². The lowest BCUT2D eigenvalue weighted by Gasteiger charge is -2.22. The van der Waals surface area contributed by atoms with E-state index in [2.05, 4.69) is 4.99 Å². The smallest absolute Gasteiger partial charge is 0.166 e. The molecule has 0 spiro atoms. The number of hydrogen-bond acceptors (Lipinski definition) is 4. The third-order valence-electron chi connectivity index (χ3n) is 3.42. The van der Waals surface area contributed by atoms with E-state index in [0.717, 1.165) is 25.7 Å². The molecule has 0 aliphatic heterocycles. The van der Waals surface area contributed by atoms with Crippen molar-refractivity contribution in [3.05, 3.63) is 23.8 Å². The van der Waals surface area contributed by atoms with Crippen molar-refractivity contribution in [2.24, 2.45) is 4.99 Å². The predicted molar refractivity (Wildman–Crippen MR) is 75.1 cm³/mol. The summed E-state index contributed by atoms with van der Waals surface area (Å²) >= 11 is 0. The highest BCUT2D eigenvalue weighted by Gasteiger charge is 2.18. The molecule has 0 aromatic heterocycles. The Bertz CT molecular complexity index is 437.